The number of nitrogens with zero attached hydrogens (tertiary/aromatic N) is 1. The second kappa shape index (κ2) is 2.77. The smallest absolute Gasteiger partial charge is 0.239 e. The summed E-state index contributed by atoms with van der Waals surface area (Å²) in [6.45, 7) is 6.08. The Balaban J connectivity index is 2.78. The average molecular weight is 170 g/mol. The van der Waals surface area contributed by atoms with Crippen LogP contribution < -0.4 is 5.32 Å². The highest BCUT2D eigenvalue weighted by molar-refractivity contribution is 5.85. The average Bonchev–Trinajstić information content (AvgIpc) is 1.94. The number of piperazine rings is 1. The minimum absolute atomic E-state index is 0.0464. The van der Waals surface area contributed by atoms with Crippen LogP contribution >= 0.6 is 0 Å². The van der Waals surface area contributed by atoms with Gasteiger partial charge in [0.05, 0.1) is 5.54 Å². The molecule has 1 fully saturated rings. The standard InChI is InChI=1S/C8H14N2O2/c1-6(11)10-4-7(12)9-5-8(10,2)3/h4-5H2,1-3H3,(H,9,12). The van der Waals surface area contributed by atoms with E-state index in [1.165, 1.54) is 6.92 Å². The van der Waals surface area contributed by atoms with E-state index in [1.807, 2.05) is 13.8 Å². The van der Waals surface area contributed by atoms with Crippen molar-refractivity contribution in [3.05, 3.63) is 0 Å². The molecule has 1 aliphatic rings. The largest absolute Gasteiger partial charge is 0.352 e. The summed E-state index contributed by atoms with van der Waals surface area (Å²) in [7, 11) is 0. The van der Waals surface area contributed by atoms with Crippen LogP contribution in [0.1, 0.15) is 20.8 Å². The number of carbonyl (C=O) groups excluding carboxylic acids is 2. The van der Waals surface area contributed by atoms with E-state index in [0.717, 1.165) is 0 Å². The van der Waals surface area contributed by atoms with Gasteiger partial charge >= 0.3 is 0 Å². The van der Waals surface area contributed by atoms with Crippen molar-refractivity contribution >= 4 is 11.8 Å². The Kier molecular flexibility index (Phi) is 2.08. The molecule has 0 bridgehead atoms. The third kappa shape index (κ3) is 1.57. The lowest BCUT2D eigenvalue weighted by Crippen LogP contribution is -2.61. The van der Waals surface area contributed by atoms with Crippen molar-refractivity contribution in [3.63, 3.8) is 0 Å². The Bertz CT molecular complexity index is 223. The molecule has 0 radical (unpaired) electrons. The molecule has 0 aromatic heterocycles. The number of hydrogen-bond donors (Lipinski definition) is 1. The van der Waals surface area contributed by atoms with E-state index in [2.05, 4.69) is 5.32 Å². The summed E-state index contributed by atoms with van der Waals surface area (Å²) in [5.41, 5.74) is -0.250. The van der Waals surface area contributed by atoms with Gasteiger partial charge in [-0.1, -0.05) is 0 Å². The van der Waals surface area contributed by atoms with Crippen LogP contribution in [0, 0.1) is 0 Å². The molecule has 0 aromatic carbocycles. The van der Waals surface area contributed by atoms with Crippen molar-refractivity contribution in [2.75, 3.05) is 13.1 Å². The van der Waals surface area contributed by atoms with E-state index in [1.54, 1.807) is 4.90 Å². The molecular weight excluding hydrogens is 156 g/mol. The number of rotatable bonds is 0. The molecule has 0 aliphatic carbocycles. The fraction of sp³-hybridized carbons (Fsp3) is 0.750. The zero-order valence-electron chi connectivity index (χ0n) is 7.68. The SMILES string of the molecule is CC(=O)N1CC(=O)NCC1(C)C. The summed E-state index contributed by atoms with van der Waals surface area (Å²) in [6, 6.07) is 0. The Morgan fingerprint density at radius 2 is 2.17 bits per heavy atom. The number of carbonyl (C=O) groups is 2. The van der Waals surface area contributed by atoms with Gasteiger partial charge in [0, 0.05) is 13.5 Å². The van der Waals surface area contributed by atoms with Crippen LogP contribution in [0.5, 0.6) is 0 Å². The summed E-state index contributed by atoms with van der Waals surface area (Å²) in [5.74, 6) is -0.126. The van der Waals surface area contributed by atoms with Gasteiger partial charge in [-0.2, -0.15) is 0 Å². The van der Waals surface area contributed by atoms with E-state index in [9.17, 15) is 9.59 Å². The predicted octanol–water partition coefficient (Wildman–Crippen LogP) is -0.257. The first-order valence-corrected chi connectivity index (χ1v) is 3.98. The molecule has 2 amide bonds. The van der Waals surface area contributed by atoms with Gasteiger partial charge in [-0.15, -0.1) is 0 Å². The fourth-order valence-corrected chi connectivity index (χ4v) is 1.36. The Labute approximate surface area is 71.9 Å². The molecule has 1 N–H and O–H groups in total. The monoisotopic (exact) mass is 170 g/mol. The van der Waals surface area contributed by atoms with E-state index in [0.29, 0.717) is 6.54 Å². The summed E-state index contributed by atoms with van der Waals surface area (Å²) in [5, 5.41) is 2.72. The van der Waals surface area contributed by atoms with E-state index >= 15 is 0 Å². The lowest BCUT2D eigenvalue weighted by Gasteiger charge is -2.41. The molecule has 12 heavy (non-hydrogen) atoms. The highest BCUT2D eigenvalue weighted by Gasteiger charge is 2.34. The van der Waals surface area contributed by atoms with Gasteiger partial charge in [0.15, 0.2) is 0 Å². The first kappa shape index (κ1) is 9.03. The highest BCUT2D eigenvalue weighted by atomic mass is 16.2. The first-order chi connectivity index (χ1) is 5.43. The van der Waals surface area contributed by atoms with Crippen LogP contribution in [-0.2, 0) is 9.59 Å². The van der Waals surface area contributed by atoms with Crippen LogP contribution in [-0.4, -0.2) is 35.3 Å². The van der Waals surface area contributed by atoms with Gasteiger partial charge in [0.25, 0.3) is 0 Å². The van der Waals surface area contributed by atoms with Crippen molar-refractivity contribution in [1.29, 1.82) is 0 Å². The van der Waals surface area contributed by atoms with Gasteiger partial charge in [0.2, 0.25) is 11.8 Å². The molecule has 4 nitrogen and oxygen atoms in total. The third-order valence-electron chi connectivity index (χ3n) is 2.13. The second-order valence-electron chi connectivity index (χ2n) is 3.69. The fourth-order valence-electron chi connectivity index (χ4n) is 1.36. The van der Waals surface area contributed by atoms with Gasteiger partial charge in [0.1, 0.15) is 6.54 Å². The van der Waals surface area contributed by atoms with Gasteiger partial charge in [-0.05, 0) is 13.8 Å². The maximum atomic E-state index is 11.1. The Hall–Kier alpha value is -1.06. The normalized spacial score (nSPS) is 21.9. The summed E-state index contributed by atoms with van der Waals surface area (Å²) in [6.07, 6.45) is 0. The van der Waals surface area contributed by atoms with Crippen molar-refractivity contribution in [1.82, 2.24) is 10.2 Å². The van der Waals surface area contributed by atoms with E-state index in [-0.39, 0.29) is 23.9 Å². The first-order valence-electron chi connectivity index (χ1n) is 3.98. The minimum Gasteiger partial charge on any atom is -0.352 e. The molecule has 1 rings (SSSR count). The van der Waals surface area contributed by atoms with Crippen LogP contribution in [0.2, 0.25) is 0 Å². The van der Waals surface area contributed by atoms with Crippen LogP contribution in [0.4, 0.5) is 0 Å². The molecular formula is C8H14N2O2. The van der Waals surface area contributed by atoms with Crippen molar-refractivity contribution < 1.29 is 9.59 Å². The highest BCUT2D eigenvalue weighted by Crippen LogP contribution is 2.16. The predicted molar refractivity (Wildman–Crippen MR) is 44.5 cm³/mol. The molecule has 1 saturated heterocycles. The summed E-state index contributed by atoms with van der Waals surface area (Å²) < 4.78 is 0. The lowest BCUT2D eigenvalue weighted by atomic mass is 10.0. The second-order valence-corrected chi connectivity index (χ2v) is 3.69. The Morgan fingerprint density at radius 1 is 1.58 bits per heavy atom. The minimum atomic E-state index is -0.250. The van der Waals surface area contributed by atoms with Gasteiger partial charge < -0.3 is 10.2 Å². The quantitative estimate of drug-likeness (QED) is 0.544. The van der Waals surface area contributed by atoms with Gasteiger partial charge in [-0.25, -0.2) is 0 Å². The van der Waals surface area contributed by atoms with Crippen molar-refractivity contribution in [3.8, 4) is 0 Å². The molecule has 4 heteroatoms. The third-order valence-corrected chi connectivity index (χ3v) is 2.13. The summed E-state index contributed by atoms with van der Waals surface area (Å²) >= 11 is 0. The topological polar surface area (TPSA) is 49.4 Å². The van der Waals surface area contributed by atoms with Gasteiger partial charge in [-0.3, -0.25) is 9.59 Å². The van der Waals surface area contributed by atoms with Crippen LogP contribution in [0.15, 0.2) is 0 Å². The van der Waals surface area contributed by atoms with Crippen molar-refractivity contribution in [2.45, 2.75) is 26.3 Å². The zero-order chi connectivity index (χ0) is 9.35. The number of hydrogen-bond acceptors (Lipinski definition) is 2. The van der Waals surface area contributed by atoms with Crippen LogP contribution in [0.3, 0.4) is 0 Å². The van der Waals surface area contributed by atoms with E-state index in [4.69, 9.17) is 0 Å². The molecule has 68 valence electrons. The molecule has 0 saturated carbocycles. The number of nitrogens with one attached hydrogen (secondary N) is 1. The zero-order valence-corrected chi connectivity index (χ0v) is 7.68. The number of amides is 2. The van der Waals surface area contributed by atoms with E-state index < -0.39 is 0 Å². The molecule has 0 aromatic rings. The maximum absolute atomic E-state index is 11.1. The molecule has 1 heterocycles. The molecule has 0 atom stereocenters. The van der Waals surface area contributed by atoms with Crippen LogP contribution in [0.25, 0.3) is 0 Å². The molecule has 0 spiro atoms. The lowest BCUT2D eigenvalue weighted by molar-refractivity contribution is -0.143. The molecule has 1 aliphatic heterocycles. The Morgan fingerprint density at radius 3 is 2.58 bits per heavy atom. The van der Waals surface area contributed by atoms with Crippen molar-refractivity contribution in [2.24, 2.45) is 0 Å². The summed E-state index contributed by atoms with van der Waals surface area (Å²) in [4.78, 5) is 23.7. The molecule has 0 unspecified atom stereocenters. The maximum Gasteiger partial charge on any atom is 0.239 e.